The lowest BCUT2D eigenvalue weighted by molar-refractivity contribution is -0.118. The second kappa shape index (κ2) is 11.1. The fourth-order valence-electron chi connectivity index (χ4n) is 2.61. The molecule has 2 aromatic carbocycles. The highest BCUT2D eigenvalue weighted by atomic mass is 16.1. The number of benzene rings is 2. The molecule has 29 heavy (non-hydrogen) atoms. The van der Waals surface area contributed by atoms with Crippen LogP contribution in [0.3, 0.4) is 0 Å². The fourth-order valence-corrected chi connectivity index (χ4v) is 2.61. The largest absolute Gasteiger partial charge is 0.378 e. The highest BCUT2D eigenvalue weighted by molar-refractivity contribution is 5.94. The van der Waals surface area contributed by atoms with Crippen molar-refractivity contribution < 1.29 is 9.59 Å². The Morgan fingerprint density at radius 2 is 1.52 bits per heavy atom. The van der Waals surface area contributed by atoms with Gasteiger partial charge in [-0.15, -0.1) is 0 Å². The Morgan fingerprint density at radius 1 is 0.966 bits per heavy atom. The van der Waals surface area contributed by atoms with E-state index in [0.29, 0.717) is 24.2 Å². The molecular weight excluding hydrogens is 366 g/mol. The molecule has 154 valence electrons. The van der Waals surface area contributed by atoms with Crippen LogP contribution in [-0.2, 0) is 4.79 Å². The van der Waals surface area contributed by atoms with Gasteiger partial charge >= 0.3 is 0 Å². The number of ketones is 1. The summed E-state index contributed by atoms with van der Waals surface area (Å²) in [6.07, 6.45) is 2.23. The van der Waals surface area contributed by atoms with Gasteiger partial charge in [-0.2, -0.15) is 10.2 Å². The van der Waals surface area contributed by atoms with Crippen molar-refractivity contribution in [3.05, 3.63) is 54.1 Å². The number of carbonyl (C=O) groups is 2. The van der Waals surface area contributed by atoms with Crippen molar-refractivity contribution in [1.82, 2.24) is 5.32 Å². The van der Waals surface area contributed by atoms with Crippen LogP contribution in [0.4, 0.5) is 17.1 Å². The molecule has 0 bridgehead atoms. The molecule has 7 nitrogen and oxygen atoms in total. The number of anilines is 1. The van der Waals surface area contributed by atoms with Crippen molar-refractivity contribution in [2.75, 3.05) is 25.5 Å². The van der Waals surface area contributed by atoms with E-state index < -0.39 is 6.04 Å². The van der Waals surface area contributed by atoms with E-state index in [-0.39, 0.29) is 11.7 Å². The molecule has 0 saturated heterocycles. The monoisotopic (exact) mass is 395 g/mol. The Hall–Kier alpha value is -3.06. The van der Waals surface area contributed by atoms with Gasteiger partial charge < -0.3 is 16.0 Å². The molecule has 0 fully saturated rings. The van der Waals surface area contributed by atoms with Crippen LogP contribution in [0.15, 0.2) is 58.8 Å². The molecule has 0 aromatic heterocycles. The van der Waals surface area contributed by atoms with Crippen molar-refractivity contribution in [1.29, 1.82) is 0 Å². The molecule has 0 radical (unpaired) electrons. The first-order chi connectivity index (χ1) is 13.9. The maximum atomic E-state index is 12.2. The molecule has 0 aliphatic rings. The first-order valence-electron chi connectivity index (χ1n) is 9.70. The van der Waals surface area contributed by atoms with Gasteiger partial charge in [-0.3, -0.25) is 9.59 Å². The van der Waals surface area contributed by atoms with E-state index in [1.54, 1.807) is 24.3 Å². The number of hydrogen-bond acceptors (Lipinski definition) is 6. The lowest BCUT2D eigenvalue weighted by atomic mass is 10.1. The van der Waals surface area contributed by atoms with E-state index in [1.165, 1.54) is 6.92 Å². The number of amides is 1. The van der Waals surface area contributed by atoms with Gasteiger partial charge in [0, 0.05) is 31.9 Å². The molecule has 0 aliphatic heterocycles. The van der Waals surface area contributed by atoms with Crippen LogP contribution in [0.1, 0.15) is 36.5 Å². The Kier molecular flexibility index (Phi) is 8.48. The Balaban J connectivity index is 1.80. The van der Waals surface area contributed by atoms with Gasteiger partial charge in [-0.05, 0) is 74.7 Å². The van der Waals surface area contributed by atoms with Crippen LogP contribution in [0.25, 0.3) is 0 Å². The average Bonchev–Trinajstić information content (AvgIpc) is 2.72. The van der Waals surface area contributed by atoms with Gasteiger partial charge in [-0.1, -0.05) is 0 Å². The number of unbranched alkanes of at least 4 members (excludes halogenated alkanes) is 1. The number of nitrogens with two attached hydrogens (primary N) is 1. The van der Waals surface area contributed by atoms with Crippen LogP contribution in [-0.4, -0.2) is 38.4 Å². The second-order valence-corrected chi connectivity index (χ2v) is 7.13. The molecule has 0 spiro atoms. The zero-order valence-electron chi connectivity index (χ0n) is 17.3. The van der Waals surface area contributed by atoms with E-state index in [4.69, 9.17) is 5.73 Å². The normalized spacial score (nSPS) is 12.0. The van der Waals surface area contributed by atoms with E-state index in [1.807, 2.05) is 43.3 Å². The summed E-state index contributed by atoms with van der Waals surface area (Å²) < 4.78 is 0. The number of nitrogens with one attached hydrogen (secondary N) is 1. The van der Waals surface area contributed by atoms with Crippen LogP contribution >= 0.6 is 0 Å². The smallest absolute Gasteiger partial charge is 0.251 e. The zero-order valence-corrected chi connectivity index (χ0v) is 17.3. The summed E-state index contributed by atoms with van der Waals surface area (Å²) >= 11 is 0. The minimum Gasteiger partial charge on any atom is -0.378 e. The third-order valence-corrected chi connectivity index (χ3v) is 4.53. The maximum absolute atomic E-state index is 12.2. The minimum absolute atomic E-state index is 0.00291. The first-order valence-corrected chi connectivity index (χ1v) is 9.70. The average molecular weight is 396 g/mol. The van der Waals surface area contributed by atoms with E-state index >= 15 is 0 Å². The van der Waals surface area contributed by atoms with Crippen LogP contribution < -0.4 is 16.0 Å². The number of rotatable bonds is 10. The molecule has 1 atom stereocenters. The van der Waals surface area contributed by atoms with E-state index in [9.17, 15) is 9.59 Å². The maximum Gasteiger partial charge on any atom is 0.251 e. The second-order valence-electron chi connectivity index (χ2n) is 7.13. The summed E-state index contributed by atoms with van der Waals surface area (Å²) in [7, 11) is 3.97. The minimum atomic E-state index is -0.404. The molecule has 3 N–H and O–H groups in total. The van der Waals surface area contributed by atoms with Gasteiger partial charge in [-0.25, -0.2) is 0 Å². The summed E-state index contributed by atoms with van der Waals surface area (Å²) in [5.74, 6) is -0.138. The predicted molar refractivity (Wildman–Crippen MR) is 116 cm³/mol. The zero-order chi connectivity index (χ0) is 21.2. The SMILES string of the molecule is CC(=O)C(N)CCCCNC(=O)c1ccc(N=Nc2ccc(N(C)C)cc2)cc1. The standard InChI is InChI=1S/C22H29N5O2/c1-16(28)21(23)6-4-5-15-24-22(29)17-7-9-18(10-8-17)25-26-19-11-13-20(14-12-19)27(2)3/h7-14,21H,4-6,15,23H2,1-3H3,(H,24,29). The van der Waals surface area contributed by atoms with Gasteiger partial charge in [0.1, 0.15) is 5.78 Å². The highest BCUT2D eigenvalue weighted by Gasteiger charge is 2.08. The van der Waals surface area contributed by atoms with Crippen molar-refractivity contribution >= 4 is 28.8 Å². The molecule has 0 heterocycles. The van der Waals surface area contributed by atoms with Gasteiger partial charge in [0.15, 0.2) is 0 Å². The molecule has 1 amide bonds. The summed E-state index contributed by atoms with van der Waals surface area (Å²) in [4.78, 5) is 25.3. The third kappa shape index (κ3) is 7.46. The Labute approximate surface area is 172 Å². The fraction of sp³-hybridized carbons (Fsp3) is 0.364. The summed E-state index contributed by atoms with van der Waals surface area (Å²) in [6.45, 7) is 2.05. The molecule has 1 unspecified atom stereocenters. The number of hydrogen-bond donors (Lipinski definition) is 2. The number of nitrogens with zero attached hydrogens (tertiary/aromatic N) is 3. The topological polar surface area (TPSA) is 100 Å². The first kappa shape index (κ1) is 22.2. The van der Waals surface area contributed by atoms with Crippen LogP contribution in [0.2, 0.25) is 0 Å². The van der Waals surface area contributed by atoms with Gasteiger partial charge in [0.2, 0.25) is 0 Å². The molecular formula is C22H29N5O2. The van der Waals surface area contributed by atoms with Crippen molar-refractivity contribution in [3.8, 4) is 0 Å². The Bertz CT molecular complexity index is 829. The highest BCUT2D eigenvalue weighted by Crippen LogP contribution is 2.21. The summed E-state index contributed by atoms with van der Waals surface area (Å²) in [5, 5.41) is 11.3. The van der Waals surface area contributed by atoms with E-state index in [2.05, 4.69) is 15.5 Å². The van der Waals surface area contributed by atoms with Crippen molar-refractivity contribution in [3.63, 3.8) is 0 Å². The quantitative estimate of drug-likeness (QED) is 0.469. The van der Waals surface area contributed by atoms with Gasteiger partial charge in [0.25, 0.3) is 5.91 Å². The summed E-state index contributed by atoms with van der Waals surface area (Å²) in [6, 6.07) is 14.4. The summed E-state index contributed by atoms with van der Waals surface area (Å²) in [5.41, 5.74) is 8.80. The Morgan fingerprint density at radius 3 is 2.03 bits per heavy atom. The van der Waals surface area contributed by atoms with Crippen molar-refractivity contribution in [2.24, 2.45) is 16.0 Å². The lowest BCUT2D eigenvalue weighted by Gasteiger charge is -2.11. The number of azo groups is 1. The van der Waals surface area contributed by atoms with Crippen LogP contribution in [0, 0.1) is 0 Å². The number of Topliss-reactive ketones (excluding diaryl/α,β-unsaturated/α-hetero) is 1. The molecule has 2 rings (SSSR count). The lowest BCUT2D eigenvalue weighted by Crippen LogP contribution is -2.29. The van der Waals surface area contributed by atoms with Crippen molar-refractivity contribution in [2.45, 2.75) is 32.2 Å². The van der Waals surface area contributed by atoms with E-state index in [0.717, 1.165) is 24.2 Å². The molecule has 0 saturated carbocycles. The third-order valence-electron chi connectivity index (χ3n) is 4.53. The number of carbonyl (C=O) groups excluding carboxylic acids is 2. The molecule has 2 aromatic rings. The predicted octanol–water partition coefficient (Wildman–Crippen LogP) is 3.98. The van der Waals surface area contributed by atoms with Gasteiger partial charge in [0.05, 0.1) is 17.4 Å². The molecule has 7 heteroatoms. The molecule has 0 aliphatic carbocycles. The van der Waals surface area contributed by atoms with Crippen LogP contribution in [0.5, 0.6) is 0 Å².